The van der Waals surface area contributed by atoms with E-state index < -0.39 is 5.97 Å². The number of carboxylic acids is 1. The van der Waals surface area contributed by atoms with Crippen molar-refractivity contribution in [1.82, 2.24) is 0 Å². The van der Waals surface area contributed by atoms with Crippen LogP contribution in [0.15, 0.2) is 40.1 Å². The Labute approximate surface area is 154 Å². The third kappa shape index (κ3) is 9.28. The Morgan fingerprint density at radius 2 is 1.79 bits per heavy atom. The average molecular weight is 369 g/mol. The normalized spacial score (nSPS) is 11.5. The van der Waals surface area contributed by atoms with Crippen LogP contribution in [-0.2, 0) is 4.79 Å². The summed E-state index contributed by atoms with van der Waals surface area (Å²) in [6.07, 6.45) is 7.63. The molecule has 0 aliphatic heterocycles. The summed E-state index contributed by atoms with van der Waals surface area (Å²) in [7, 11) is 1.63. The fraction of sp³-hybridized carbons (Fsp3) is 0.526. The van der Waals surface area contributed by atoms with E-state index in [1.165, 1.54) is 50.3 Å². The third-order valence-corrected chi connectivity index (χ3v) is 5.61. The number of aliphatic carboxylic acids is 1. The molecule has 3 nitrogen and oxygen atoms in total. The van der Waals surface area contributed by atoms with Gasteiger partial charge in [0.15, 0.2) is 0 Å². The summed E-state index contributed by atoms with van der Waals surface area (Å²) in [5, 5.41) is 11.1. The molecule has 0 amide bonds. The second kappa shape index (κ2) is 13.2. The molecule has 0 aliphatic rings. The van der Waals surface area contributed by atoms with Crippen LogP contribution in [0.2, 0.25) is 0 Å². The topological polar surface area (TPSA) is 46.5 Å². The molecule has 1 aromatic rings. The van der Waals surface area contributed by atoms with Crippen LogP contribution in [0.1, 0.15) is 45.4 Å². The quantitative estimate of drug-likeness (QED) is 0.269. The molecule has 1 rings (SSSR count). The summed E-state index contributed by atoms with van der Waals surface area (Å²) >= 11 is 3.15. The largest absolute Gasteiger partial charge is 0.497 e. The number of hydrogen-bond acceptors (Lipinski definition) is 4. The summed E-state index contributed by atoms with van der Waals surface area (Å²) in [6.45, 7) is 2.22. The second-order valence-electron chi connectivity index (χ2n) is 5.56. The van der Waals surface area contributed by atoms with E-state index in [0.29, 0.717) is 11.3 Å². The van der Waals surface area contributed by atoms with Gasteiger partial charge in [-0.2, -0.15) is 11.8 Å². The monoisotopic (exact) mass is 368 g/mol. The van der Waals surface area contributed by atoms with Gasteiger partial charge in [-0.05, 0) is 41.8 Å². The molecule has 0 fully saturated rings. The Morgan fingerprint density at radius 3 is 2.42 bits per heavy atom. The van der Waals surface area contributed by atoms with Crippen molar-refractivity contribution in [2.24, 2.45) is 0 Å². The van der Waals surface area contributed by atoms with E-state index in [4.69, 9.17) is 4.74 Å². The summed E-state index contributed by atoms with van der Waals surface area (Å²) in [5.41, 5.74) is 0.465. The van der Waals surface area contributed by atoms with Crippen molar-refractivity contribution in [2.75, 3.05) is 18.6 Å². The van der Waals surface area contributed by atoms with E-state index in [1.54, 1.807) is 24.3 Å². The van der Waals surface area contributed by atoms with Crippen LogP contribution in [0, 0.1) is 0 Å². The third-order valence-electron chi connectivity index (χ3n) is 3.57. The number of carbonyl (C=O) groups is 1. The van der Waals surface area contributed by atoms with Crippen LogP contribution in [0.5, 0.6) is 5.75 Å². The molecule has 0 atom stereocenters. The number of hydrogen-bond donors (Lipinski definition) is 1. The van der Waals surface area contributed by atoms with Crippen LogP contribution >= 0.6 is 23.5 Å². The Balaban J connectivity index is 2.31. The first-order chi connectivity index (χ1) is 11.7. The van der Waals surface area contributed by atoms with Crippen molar-refractivity contribution < 1.29 is 14.6 Å². The number of unbranched alkanes of at least 4 members (excludes halogenated alkanes) is 5. The smallest absolute Gasteiger partial charge is 0.332 e. The zero-order valence-corrected chi connectivity index (χ0v) is 16.3. The Bertz CT molecular complexity index is 498. The molecule has 0 radical (unpaired) electrons. The fourth-order valence-corrected chi connectivity index (χ4v) is 3.95. The Morgan fingerprint density at radius 1 is 1.12 bits per heavy atom. The molecule has 0 unspecified atom stereocenters. The minimum absolute atomic E-state index is 0.465. The van der Waals surface area contributed by atoms with Crippen LogP contribution in [0.3, 0.4) is 0 Å². The predicted octanol–water partition coefficient (Wildman–Crippen LogP) is 5.85. The highest BCUT2D eigenvalue weighted by Gasteiger charge is 2.07. The second-order valence-corrected chi connectivity index (χ2v) is 7.61. The van der Waals surface area contributed by atoms with Crippen molar-refractivity contribution in [3.63, 3.8) is 0 Å². The summed E-state index contributed by atoms with van der Waals surface area (Å²) < 4.78 is 5.12. The van der Waals surface area contributed by atoms with Gasteiger partial charge in [0, 0.05) is 10.6 Å². The van der Waals surface area contributed by atoms with Crippen LogP contribution < -0.4 is 4.74 Å². The van der Waals surface area contributed by atoms with Gasteiger partial charge in [-0.25, -0.2) is 4.79 Å². The zero-order chi connectivity index (χ0) is 17.6. The molecule has 0 saturated heterocycles. The lowest BCUT2D eigenvalue weighted by Gasteiger charge is -2.04. The number of benzene rings is 1. The van der Waals surface area contributed by atoms with E-state index in [2.05, 4.69) is 6.92 Å². The van der Waals surface area contributed by atoms with Crippen molar-refractivity contribution in [3.05, 3.63) is 35.2 Å². The molecule has 0 aromatic heterocycles. The molecule has 0 bridgehead atoms. The number of thioether (sulfide) groups is 2. The Hall–Kier alpha value is -1.07. The number of rotatable bonds is 13. The van der Waals surface area contributed by atoms with Gasteiger partial charge in [-0.3, -0.25) is 0 Å². The van der Waals surface area contributed by atoms with Crippen LogP contribution in [0.4, 0.5) is 0 Å². The van der Waals surface area contributed by atoms with Crippen molar-refractivity contribution in [3.8, 4) is 5.75 Å². The lowest BCUT2D eigenvalue weighted by molar-refractivity contribution is -0.132. The van der Waals surface area contributed by atoms with Gasteiger partial charge in [-0.15, -0.1) is 0 Å². The molecule has 24 heavy (non-hydrogen) atoms. The average Bonchev–Trinajstić information content (AvgIpc) is 2.60. The molecule has 1 aromatic carbocycles. The maximum atomic E-state index is 11.3. The summed E-state index contributed by atoms with van der Waals surface area (Å²) in [4.78, 5) is 12.4. The maximum absolute atomic E-state index is 11.3. The van der Waals surface area contributed by atoms with E-state index >= 15 is 0 Å². The van der Waals surface area contributed by atoms with Gasteiger partial charge in [-0.1, -0.05) is 50.8 Å². The highest BCUT2D eigenvalue weighted by molar-refractivity contribution is 8.02. The standard InChI is InChI=1S/C19H28O3S2/c1-3-4-5-6-7-8-13-23-14-16(19(20)21)15-24-18-11-9-17(22-2)10-12-18/h9-12,15H,3-8,13-14H2,1-2H3,(H,20,21). The molecule has 0 saturated carbocycles. The van der Waals surface area contributed by atoms with E-state index in [-0.39, 0.29) is 0 Å². The van der Waals surface area contributed by atoms with E-state index in [9.17, 15) is 9.90 Å². The predicted molar refractivity (Wildman–Crippen MR) is 105 cm³/mol. The molecular formula is C19H28O3S2. The lowest BCUT2D eigenvalue weighted by Crippen LogP contribution is -2.03. The number of ether oxygens (including phenoxy) is 1. The Kier molecular flexibility index (Phi) is 11.6. The minimum Gasteiger partial charge on any atom is -0.497 e. The molecule has 1 N–H and O–H groups in total. The molecule has 0 heterocycles. The van der Waals surface area contributed by atoms with Gasteiger partial charge in [0.05, 0.1) is 12.7 Å². The molecule has 0 aliphatic carbocycles. The first kappa shape index (κ1) is 21.0. The molecule has 5 heteroatoms. The van der Waals surface area contributed by atoms with E-state index in [0.717, 1.165) is 16.4 Å². The molecule has 0 spiro atoms. The maximum Gasteiger partial charge on any atom is 0.332 e. The summed E-state index contributed by atoms with van der Waals surface area (Å²) in [6, 6.07) is 7.62. The molecule has 134 valence electrons. The van der Waals surface area contributed by atoms with Crippen molar-refractivity contribution in [2.45, 2.75) is 50.3 Å². The highest BCUT2D eigenvalue weighted by atomic mass is 32.2. The van der Waals surface area contributed by atoms with E-state index in [1.807, 2.05) is 24.3 Å². The van der Waals surface area contributed by atoms with Crippen molar-refractivity contribution >= 4 is 29.5 Å². The van der Waals surface area contributed by atoms with Crippen LogP contribution in [0.25, 0.3) is 0 Å². The minimum atomic E-state index is -0.827. The lowest BCUT2D eigenvalue weighted by atomic mass is 10.1. The number of methoxy groups -OCH3 is 1. The zero-order valence-electron chi connectivity index (χ0n) is 14.6. The van der Waals surface area contributed by atoms with Gasteiger partial charge in [0.1, 0.15) is 5.75 Å². The van der Waals surface area contributed by atoms with Gasteiger partial charge in [0.2, 0.25) is 0 Å². The van der Waals surface area contributed by atoms with Gasteiger partial charge < -0.3 is 9.84 Å². The van der Waals surface area contributed by atoms with Crippen LogP contribution in [-0.4, -0.2) is 29.7 Å². The van der Waals surface area contributed by atoms with Gasteiger partial charge in [0.25, 0.3) is 0 Å². The SMILES string of the molecule is CCCCCCCCSCC(=CSc1ccc(OC)cc1)C(=O)O. The number of carboxylic acid groups (broad SMARTS) is 1. The fourth-order valence-electron chi connectivity index (χ4n) is 2.11. The first-order valence-corrected chi connectivity index (χ1v) is 10.5. The first-order valence-electron chi connectivity index (χ1n) is 8.48. The highest BCUT2D eigenvalue weighted by Crippen LogP contribution is 2.24. The van der Waals surface area contributed by atoms with Crippen molar-refractivity contribution in [1.29, 1.82) is 0 Å². The van der Waals surface area contributed by atoms with Gasteiger partial charge >= 0.3 is 5.97 Å². The molecular weight excluding hydrogens is 340 g/mol. The summed E-state index contributed by atoms with van der Waals surface area (Å²) in [5.74, 6) is 1.57.